The average Bonchev–Trinajstić information content (AvgIpc) is 3.22. The van der Waals surface area contributed by atoms with Crippen LogP contribution in [0.25, 0.3) is 0 Å². The molecule has 0 saturated carbocycles. The molecule has 3 heterocycles. The number of aromatic nitrogens is 2. The molecule has 0 amide bonds. The first kappa shape index (κ1) is 17.2. The number of methoxy groups -OCH3 is 2. The Morgan fingerprint density at radius 2 is 2.19 bits per heavy atom. The first-order valence-electron chi connectivity index (χ1n) is 9.28. The molecule has 138 valence electrons. The van der Waals surface area contributed by atoms with Crippen LogP contribution in [0.15, 0.2) is 24.4 Å². The third-order valence-electron chi connectivity index (χ3n) is 5.28. The molecule has 6 heteroatoms. The molecule has 0 spiro atoms. The second kappa shape index (κ2) is 7.60. The molecule has 6 nitrogen and oxygen atoms in total. The van der Waals surface area contributed by atoms with E-state index >= 15 is 0 Å². The van der Waals surface area contributed by atoms with Crippen LogP contribution in [0.2, 0.25) is 0 Å². The van der Waals surface area contributed by atoms with E-state index in [4.69, 9.17) is 14.5 Å². The van der Waals surface area contributed by atoms with Gasteiger partial charge >= 0.3 is 0 Å². The molecule has 2 aliphatic rings. The summed E-state index contributed by atoms with van der Waals surface area (Å²) >= 11 is 0. The van der Waals surface area contributed by atoms with Crippen LogP contribution in [0, 0.1) is 0 Å². The number of rotatable bonds is 5. The van der Waals surface area contributed by atoms with Gasteiger partial charge in [-0.3, -0.25) is 4.90 Å². The monoisotopic (exact) mass is 354 g/mol. The van der Waals surface area contributed by atoms with Crippen molar-refractivity contribution in [3.05, 3.63) is 47.0 Å². The predicted molar refractivity (Wildman–Crippen MR) is 99.4 cm³/mol. The van der Waals surface area contributed by atoms with Gasteiger partial charge in [0, 0.05) is 49.1 Å². The molecule has 0 aliphatic carbocycles. The summed E-state index contributed by atoms with van der Waals surface area (Å²) in [5.74, 6) is 2.56. The van der Waals surface area contributed by atoms with Gasteiger partial charge in [0.05, 0.1) is 20.3 Å². The maximum atomic E-state index is 5.57. The zero-order valence-corrected chi connectivity index (χ0v) is 15.5. The summed E-state index contributed by atoms with van der Waals surface area (Å²) in [6.07, 6.45) is 5.33. The highest BCUT2D eigenvalue weighted by Crippen LogP contribution is 2.32. The third kappa shape index (κ3) is 3.39. The van der Waals surface area contributed by atoms with Gasteiger partial charge in [-0.1, -0.05) is 12.1 Å². The number of nitrogens with zero attached hydrogens (tertiary/aromatic N) is 3. The van der Waals surface area contributed by atoms with Gasteiger partial charge in [-0.15, -0.1) is 0 Å². The van der Waals surface area contributed by atoms with Crippen molar-refractivity contribution >= 4 is 0 Å². The van der Waals surface area contributed by atoms with Crippen LogP contribution in [-0.4, -0.2) is 42.2 Å². The maximum Gasteiger partial charge on any atom is 0.165 e. The molecule has 1 saturated heterocycles. The fourth-order valence-corrected chi connectivity index (χ4v) is 3.92. The molecule has 2 aromatic rings. The van der Waals surface area contributed by atoms with Crippen LogP contribution < -0.4 is 14.8 Å². The van der Waals surface area contributed by atoms with Gasteiger partial charge in [-0.25, -0.2) is 9.97 Å². The Morgan fingerprint density at radius 3 is 2.96 bits per heavy atom. The Morgan fingerprint density at radius 1 is 1.27 bits per heavy atom. The lowest BCUT2D eigenvalue weighted by atomic mass is 10.1. The zero-order valence-electron chi connectivity index (χ0n) is 15.5. The van der Waals surface area contributed by atoms with E-state index < -0.39 is 0 Å². The molecule has 1 fully saturated rings. The molecular formula is C20H26N4O2. The second-order valence-corrected chi connectivity index (χ2v) is 6.96. The minimum atomic E-state index is 0.333. The quantitative estimate of drug-likeness (QED) is 0.890. The third-order valence-corrected chi connectivity index (χ3v) is 5.28. The molecule has 26 heavy (non-hydrogen) atoms. The van der Waals surface area contributed by atoms with E-state index in [1.807, 2.05) is 18.3 Å². The number of ether oxygens (including phenoxy) is 2. The van der Waals surface area contributed by atoms with Crippen LogP contribution in [0.4, 0.5) is 0 Å². The largest absolute Gasteiger partial charge is 0.493 e. The molecule has 1 aromatic carbocycles. The van der Waals surface area contributed by atoms with Crippen LogP contribution in [0.3, 0.4) is 0 Å². The molecule has 1 atom stereocenters. The lowest BCUT2D eigenvalue weighted by Gasteiger charge is -2.29. The number of benzene rings is 1. The van der Waals surface area contributed by atoms with Gasteiger partial charge in [0.1, 0.15) is 5.82 Å². The summed E-state index contributed by atoms with van der Waals surface area (Å²) in [5.41, 5.74) is 3.58. The molecule has 4 rings (SSSR count). The Labute approximate surface area is 154 Å². The summed E-state index contributed by atoms with van der Waals surface area (Å²) in [7, 11) is 3.37. The number of hydrogen-bond donors (Lipinski definition) is 1. The van der Waals surface area contributed by atoms with Gasteiger partial charge in [-0.05, 0) is 25.5 Å². The molecule has 1 unspecified atom stereocenters. The predicted octanol–water partition coefficient (Wildman–Crippen LogP) is 2.48. The molecule has 0 bridgehead atoms. The lowest BCUT2D eigenvalue weighted by Crippen LogP contribution is -2.31. The smallest absolute Gasteiger partial charge is 0.165 e. The van der Waals surface area contributed by atoms with Gasteiger partial charge in [-0.2, -0.15) is 0 Å². The zero-order chi connectivity index (χ0) is 17.9. The van der Waals surface area contributed by atoms with Crippen molar-refractivity contribution in [3.8, 4) is 11.5 Å². The van der Waals surface area contributed by atoms with E-state index in [-0.39, 0.29) is 0 Å². The van der Waals surface area contributed by atoms with Crippen molar-refractivity contribution in [2.45, 2.75) is 38.4 Å². The molecule has 1 N–H and O–H groups in total. The Bertz CT molecular complexity index is 774. The topological polar surface area (TPSA) is 59.5 Å². The van der Waals surface area contributed by atoms with Crippen LogP contribution >= 0.6 is 0 Å². The van der Waals surface area contributed by atoms with Crippen molar-refractivity contribution in [3.63, 3.8) is 0 Å². The Balaban J connectivity index is 1.49. The van der Waals surface area contributed by atoms with Crippen LogP contribution in [0.1, 0.15) is 41.5 Å². The summed E-state index contributed by atoms with van der Waals surface area (Å²) in [6, 6.07) is 6.38. The summed E-state index contributed by atoms with van der Waals surface area (Å²) in [5, 5.41) is 3.48. The normalized spacial score (nSPS) is 20.0. The van der Waals surface area contributed by atoms with Gasteiger partial charge in [0.25, 0.3) is 0 Å². The standard InChI is InChI=1S/C20H26N4O2/c1-25-18-7-3-5-14(19(18)26-2)12-24-10-8-16-15(13-24)11-22-20(23-16)17-6-4-9-21-17/h3,5,7,11,17,21H,4,6,8-10,12-13H2,1-2H3. The number of hydrogen-bond acceptors (Lipinski definition) is 6. The van der Waals surface area contributed by atoms with Crippen molar-refractivity contribution in [1.29, 1.82) is 0 Å². The summed E-state index contributed by atoms with van der Waals surface area (Å²) < 4.78 is 11.0. The van der Waals surface area contributed by atoms with E-state index in [0.717, 1.165) is 61.9 Å². The van der Waals surface area contributed by atoms with Crippen LogP contribution in [-0.2, 0) is 19.5 Å². The Hall–Kier alpha value is -2.18. The second-order valence-electron chi connectivity index (χ2n) is 6.96. The van der Waals surface area contributed by atoms with Crippen molar-refractivity contribution in [2.24, 2.45) is 0 Å². The minimum absolute atomic E-state index is 0.333. The molecule has 1 aromatic heterocycles. The van der Waals surface area contributed by atoms with E-state index in [2.05, 4.69) is 21.3 Å². The average molecular weight is 354 g/mol. The molecule has 2 aliphatic heterocycles. The molecule has 0 radical (unpaired) electrons. The Kier molecular flexibility index (Phi) is 5.04. The highest BCUT2D eigenvalue weighted by Gasteiger charge is 2.24. The fraction of sp³-hybridized carbons (Fsp3) is 0.500. The highest BCUT2D eigenvalue weighted by molar-refractivity contribution is 5.46. The summed E-state index contributed by atoms with van der Waals surface area (Å²) in [4.78, 5) is 11.9. The van der Waals surface area contributed by atoms with Gasteiger partial charge in [0.15, 0.2) is 11.5 Å². The van der Waals surface area contributed by atoms with E-state index in [1.165, 1.54) is 17.7 Å². The fourth-order valence-electron chi connectivity index (χ4n) is 3.92. The lowest BCUT2D eigenvalue weighted by molar-refractivity contribution is 0.237. The van der Waals surface area contributed by atoms with Crippen molar-refractivity contribution in [2.75, 3.05) is 27.3 Å². The number of para-hydroxylation sites is 1. The van der Waals surface area contributed by atoms with Crippen LogP contribution in [0.5, 0.6) is 11.5 Å². The van der Waals surface area contributed by atoms with E-state index in [1.54, 1.807) is 14.2 Å². The first-order chi connectivity index (χ1) is 12.8. The molecular weight excluding hydrogens is 328 g/mol. The van der Waals surface area contributed by atoms with Crippen molar-refractivity contribution in [1.82, 2.24) is 20.2 Å². The number of nitrogens with one attached hydrogen (secondary N) is 1. The van der Waals surface area contributed by atoms with E-state index in [9.17, 15) is 0 Å². The minimum Gasteiger partial charge on any atom is -0.493 e. The number of fused-ring (bicyclic) bond motifs is 1. The summed E-state index contributed by atoms with van der Waals surface area (Å²) in [6.45, 7) is 3.75. The van der Waals surface area contributed by atoms with Gasteiger partial charge in [0.2, 0.25) is 0 Å². The SMILES string of the molecule is COc1cccc(CN2CCc3nc(C4CCCN4)ncc3C2)c1OC. The first-order valence-corrected chi connectivity index (χ1v) is 9.28. The van der Waals surface area contributed by atoms with Crippen molar-refractivity contribution < 1.29 is 9.47 Å². The maximum absolute atomic E-state index is 5.57. The van der Waals surface area contributed by atoms with E-state index in [0.29, 0.717) is 6.04 Å². The highest BCUT2D eigenvalue weighted by atomic mass is 16.5. The van der Waals surface area contributed by atoms with Gasteiger partial charge < -0.3 is 14.8 Å².